The number of phosphoric acid groups is 1. The van der Waals surface area contributed by atoms with Gasteiger partial charge in [-0.1, -0.05) is 44.7 Å². The van der Waals surface area contributed by atoms with E-state index in [9.17, 15) is 19.6 Å². The number of benzene rings is 1. The first-order chi connectivity index (χ1) is 12.3. The number of phenolic OH excluding ortho intramolecular Hbond substituents is 1. The quantitative estimate of drug-likeness (QED) is 0.273. The first kappa shape index (κ1) is 22.6. The molecule has 1 rings (SSSR count). The van der Waals surface area contributed by atoms with Crippen LogP contribution in [0.3, 0.4) is 0 Å². The van der Waals surface area contributed by atoms with Gasteiger partial charge in [0.05, 0.1) is 12.6 Å². The van der Waals surface area contributed by atoms with E-state index in [0.29, 0.717) is 12.0 Å². The smallest absolute Gasteiger partial charge is 0.470 e. The van der Waals surface area contributed by atoms with E-state index in [2.05, 4.69) is 16.8 Å². The monoisotopic (exact) mass is 389 g/mol. The van der Waals surface area contributed by atoms with Crippen molar-refractivity contribution in [2.75, 3.05) is 6.61 Å². The van der Waals surface area contributed by atoms with Crippen LogP contribution in [0.1, 0.15) is 57.1 Å². The number of aromatic hydroxyl groups is 1. The fourth-order valence-electron chi connectivity index (χ4n) is 2.62. The second-order valence-corrected chi connectivity index (χ2v) is 7.31. The van der Waals surface area contributed by atoms with Crippen molar-refractivity contribution in [3.8, 4) is 5.75 Å². The molecule has 26 heavy (non-hydrogen) atoms. The summed E-state index contributed by atoms with van der Waals surface area (Å²) in [5, 5.41) is 21.8. The zero-order valence-corrected chi connectivity index (χ0v) is 15.8. The van der Waals surface area contributed by atoms with Crippen molar-refractivity contribution in [3.63, 3.8) is 0 Å². The molecule has 0 fully saturated rings. The van der Waals surface area contributed by atoms with Gasteiger partial charge in [-0.15, -0.1) is 0 Å². The summed E-state index contributed by atoms with van der Waals surface area (Å²) in [5.74, 6) is -0.392. The number of phosphoric ester groups is 1. The Bertz CT molecular complexity index is 605. The lowest BCUT2D eigenvalue weighted by molar-refractivity contribution is -0.123. The first-order valence-electron chi connectivity index (χ1n) is 8.70. The molecule has 0 bridgehead atoms. The summed E-state index contributed by atoms with van der Waals surface area (Å²) in [5.41, 5.74) is 0.372. The first-order valence-corrected chi connectivity index (χ1v) is 10.2. The highest BCUT2D eigenvalue weighted by Gasteiger charge is 2.31. The van der Waals surface area contributed by atoms with Gasteiger partial charge in [-0.2, -0.15) is 0 Å². The lowest BCUT2D eigenvalue weighted by atomic mass is 10.0. The Kier molecular flexibility index (Phi) is 9.83. The Labute approximate surface area is 153 Å². The summed E-state index contributed by atoms with van der Waals surface area (Å²) in [6, 6.07) is 4.85. The number of rotatable bonds is 12. The molecule has 0 saturated heterocycles. The molecular formula is C17H28NO7P. The predicted octanol–water partition coefficient (Wildman–Crippen LogP) is 2.38. The number of carbonyl (C=O) groups is 1. The SMILES string of the molecule is CCCCCCCC(=O)N[C@H](c1cccc(O)c1)[C@H](CO)OP(=O)(O)O. The third-order valence-electron chi connectivity index (χ3n) is 3.88. The van der Waals surface area contributed by atoms with Gasteiger partial charge in [-0.05, 0) is 24.1 Å². The highest BCUT2D eigenvalue weighted by molar-refractivity contribution is 7.46. The van der Waals surface area contributed by atoms with E-state index >= 15 is 0 Å². The number of amides is 1. The van der Waals surface area contributed by atoms with Crippen molar-refractivity contribution in [1.29, 1.82) is 0 Å². The molecule has 0 aromatic heterocycles. The van der Waals surface area contributed by atoms with E-state index in [4.69, 9.17) is 9.79 Å². The lowest BCUT2D eigenvalue weighted by Gasteiger charge is -2.27. The molecule has 0 heterocycles. The Morgan fingerprint density at radius 1 is 1.23 bits per heavy atom. The van der Waals surface area contributed by atoms with Crippen LogP contribution in [0.4, 0.5) is 0 Å². The number of aliphatic hydroxyl groups is 1. The van der Waals surface area contributed by atoms with Crippen LogP contribution in [0.2, 0.25) is 0 Å². The van der Waals surface area contributed by atoms with Crippen molar-refractivity contribution >= 4 is 13.7 Å². The summed E-state index contributed by atoms with van der Waals surface area (Å²) in [4.78, 5) is 30.3. The number of hydrogen-bond acceptors (Lipinski definition) is 5. The van der Waals surface area contributed by atoms with Crippen molar-refractivity contribution in [2.24, 2.45) is 0 Å². The highest BCUT2D eigenvalue weighted by atomic mass is 31.2. The van der Waals surface area contributed by atoms with Gasteiger partial charge in [-0.3, -0.25) is 9.32 Å². The molecule has 148 valence electrons. The standard InChI is InChI=1S/C17H28NO7P/c1-2-3-4-5-6-10-16(21)18-17(13-8-7-9-14(20)11-13)15(12-19)25-26(22,23)24/h7-9,11,15,17,19-20H,2-6,10,12H2,1H3,(H,18,21)(H2,22,23,24)/t15-,17+/m0/s1. The minimum atomic E-state index is -4.88. The molecular weight excluding hydrogens is 361 g/mol. The maximum Gasteiger partial charge on any atom is 0.470 e. The van der Waals surface area contributed by atoms with Gasteiger partial charge >= 0.3 is 7.82 Å². The van der Waals surface area contributed by atoms with Crippen LogP contribution in [-0.2, 0) is 13.9 Å². The average Bonchev–Trinajstić information content (AvgIpc) is 2.57. The van der Waals surface area contributed by atoms with Crippen LogP contribution in [0.5, 0.6) is 5.75 Å². The number of carbonyl (C=O) groups excluding carboxylic acids is 1. The largest absolute Gasteiger partial charge is 0.508 e. The number of hydrogen-bond donors (Lipinski definition) is 5. The van der Waals surface area contributed by atoms with E-state index < -0.39 is 26.6 Å². The molecule has 9 heteroatoms. The van der Waals surface area contributed by atoms with Crippen molar-refractivity contribution in [3.05, 3.63) is 29.8 Å². The Morgan fingerprint density at radius 3 is 2.50 bits per heavy atom. The van der Waals surface area contributed by atoms with Crippen molar-refractivity contribution in [2.45, 2.75) is 57.6 Å². The van der Waals surface area contributed by atoms with Gasteiger partial charge < -0.3 is 25.3 Å². The van der Waals surface area contributed by atoms with Crippen molar-refractivity contribution < 1.29 is 33.9 Å². The Morgan fingerprint density at radius 2 is 1.92 bits per heavy atom. The molecule has 1 amide bonds. The van der Waals surface area contributed by atoms with Gasteiger partial charge in [0.1, 0.15) is 11.9 Å². The molecule has 1 aromatic carbocycles. The molecule has 2 atom stereocenters. The number of unbranched alkanes of at least 4 members (excludes halogenated alkanes) is 4. The predicted molar refractivity (Wildman–Crippen MR) is 96.4 cm³/mol. The van der Waals surface area contributed by atoms with E-state index in [0.717, 1.165) is 25.7 Å². The normalized spacial score (nSPS) is 14.0. The van der Waals surface area contributed by atoms with Crippen LogP contribution < -0.4 is 5.32 Å². The average molecular weight is 389 g/mol. The van der Waals surface area contributed by atoms with E-state index in [1.54, 1.807) is 6.07 Å². The second kappa shape index (κ2) is 11.3. The fraction of sp³-hybridized carbons (Fsp3) is 0.588. The Hall–Kier alpha value is -1.44. The molecule has 0 aliphatic rings. The summed E-state index contributed by atoms with van der Waals surface area (Å²) in [7, 11) is -4.88. The van der Waals surface area contributed by atoms with Crippen LogP contribution in [0.25, 0.3) is 0 Å². The zero-order valence-electron chi connectivity index (χ0n) is 14.9. The third kappa shape index (κ3) is 8.78. The van der Waals surface area contributed by atoms with Crippen molar-refractivity contribution in [1.82, 2.24) is 5.32 Å². The molecule has 0 aliphatic carbocycles. The molecule has 1 aromatic rings. The maximum absolute atomic E-state index is 12.2. The molecule has 0 aliphatic heterocycles. The third-order valence-corrected chi connectivity index (χ3v) is 4.42. The van der Waals surface area contributed by atoms with Crippen LogP contribution in [0, 0.1) is 0 Å². The van der Waals surface area contributed by atoms with Crippen LogP contribution >= 0.6 is 7.82 Å². The van der Waals surface area contributed by atoms with Gasteiger partial charge in [-0.25, -0.2) is 4.57 Å². The van der Waals surface area contributed by atoms with Gasteiger partial charge in [0.15, 0.2) is 0 Å². The number of nitrogens with one attached hydrogen (secondary N) is 1. The molecule has 0 radical (unpaired) electrons. The molecule has 0 spiro atoms. The summed E-state index contributed by atoms with van der Waals surface area (Å²) >= 11 is 0. The number of phenols is 1. The molecule has 8 nitrogen and oxygen atoms in total. The summed E-state index contributed by atoms with van der Waals surface area (Å²) in [6.45, 7) is 1.38. The van der Waals surface area contributed by atoms with Gasteiger partial charge in [0.25, 0.3) is 0 Å². The highest BCUT2D eigenvalue weighted by Crippen LogP contribution is 2.40. The van der Waals surface area contributed by atoms with E-state index in [-0.39, 0.29) is 18.1 Å². The van der Waals surface area contributed by atoms with Gasteiger partial charge in [0.2, 0.25) is 5.91 Å². The number of aliphatic hydroxyl groups excluding tert-OH is 1. The van der Waals surface area contributed by atoms with Gasteiger partial charge in [0, 0.05) is 6.42 Å². The minimum Gasteiger partial charge on any atom is -0.508 e. The molecule has 5 N–H and O–H groups in total. The second-order valence-electron chi connectivity index (χ2n) is 6.12. The maximum atomic E-state index is 12.2. The lowest BCUT2D eigenvalue weighted by Crippen LogP contribution is -2.39. The van der Waals surface area contributed by atoms with Crippen LogP contribution in [0.15, 0.2) is 24.3 Å². The zero-order chi connectivity index (χ0) is 19.6. The van der Waals surface area contributed by atoms with E-state index in [1.807, 2.05) is 0 Å². The Balaban J connectivity index is 2.83. The summed E-state index contributed by atoms with van der Waals surface area (Å²) in [6.07, 6.45) is 3.76. The topological polar surface area (TPSA) is 136 Å². The summed E-state index contributed by atoms with van der Waals surface area (Å²) < 4.78 is 15.8. The molecule has 0 saturated carbocycles. The molecule has 0 unspecified atom stereocenters. The van der Waals surface area contributed by atoms with E-state index in [1.165, 1.54) is 18.2 Å². The fourth-order valence-corrected chi connectivity index (χ4v) is 3.16. The van der Waals surface area contributed by atoms with Crippen LogP contribution in [-0.4, -0.2) is 38.6 Å². The minimum absolute atomic E-state index is 0.0748.